The quantitative estimate of drug-likeness (QED) is 0.0169. The molecule has 17 nitrogen and oxygen atoms in total. The minimum atomic E-state index is -5.03. The summed E-state index contributed by atoms with van der Waals surface area (Å²) in [4.78, 5) is 72.8. The van der Waals surface area contributed by atoms with Gasteiger partial charge < -0.3 is 33.8 Å². The maximum atomic E-state index is 13.1. The van der Waals surface area contributed by atoms with Crippen LogP contribution in [0.25, 0.3) is 0 Å². The molecule has 0 aromatic heterocycles. The van der Waals surface area contributed by atoms with Gasteiger partial charge in [-0.05, 0) is 116 Å². The Morgan fingerprint density at radius 3 is 0.875 bits per heavy atom. The summed E-state index contributed by atoms with van der Waals surface area (Å²) < 4.78 is 68.2. The van der Waals surface area contributed by atoms with Crippen molar-refractivity contribution in [1.29, 1.82) is 0 Å². The number of aliphatic hydroxyl groups excluding tert-OH is 1. The van der Waals surface area contributed by atoms with Crippen molar-refractivity contribution in [3.8, 4) is 0 Å². The third-order valence-electron chi connectivity index (χ3n) is 15.1. The monoisotopic (exact) mass is 1490 g/mol. The highest BCUT2D eigenvalue weighted by Gasteiger charge is 2.30. The Morgan fingerprint density at radius 1 is 0.288 bits per heavy atom. The Balaban J connectivity index is 5.57. The van der Waals surface area contributed by atoms with Crippen LogP contribution >= 0.6 is 15.6 Å². The maximum absolute atomic E-state index is 13.1. The predicted octanol–water partition coefficient (Wildman–Crippen LogP) is 22.5. The van der Waals surface area contributed by atoms with E-state index in [1.165, 1.54) is 64.2 Å². The second kappa shape index (κ2) is 75.1. The third kappa shape index (κ3) is 74.2. The molecule has 0 bridgehead atoms. The number of carbonyl (C=O) groups excluding carboxylic acids is 4. The van der Waals surface area contributed by atoms with Gasteiger partial charge in [-0.3, -0.25) is 37.3 Å². The Hall–Kier alpha value is -6.10. The first-order valence-corrected chi connectivity index (χ1v) is 41.7. The number of hydrogen-bond acceptors (Lipinski definition) is 15. The zero-order chi connectivity index (χ0) is 76.0. The summed E-state index contributed by atoms with van der Waals surface area (Å²) in [5.41, 5.74) is 0. The van der Waals surface area contributed by atoms with Gasteiger partial charge in [-0.2, -0.15) is 0 Å². The topological polar surface area (TPSA) is 237 Å². The van der Waals surface area contributed by atoms with Gasteiger partial charge in [0, 0.05) is 12.8 Å². The van der Waals surface area contributed by atoms with Crippen molar-refractivity contribution in [2.75, 3.05) is 39.6 Å². The van der Waals surface area contributed by atoms with Crippen LogP contribution < -0.4 is 0 Å². The van der Waals surface area contributed by atoms with Crippen LogP contribution in [0.15, 0.2) is 194 Å². The lowest BCUT2D eigenvalue weighted by atomic mass is 10.0. The fourth-order valence-corrected chi connectivity index (χ4v) is 11.0. The van der Waals surface area contributed by atoms with E-state index in [0.717, 1.165) is 109 Å². The molecule has 104 heavy (non-hydrogen) atoms. The smallest absolute Gasteiger partial charge is 0.462 e. The van der Waals surface area contributed by atoms with Crippen molar-refractivity contribution in [3.63, 3.8) is 0 Å². The van der Waals surface area contributed by atoms with Crippen LogP contribution in [0.4, 0.5) is 0 Å². The van der Waals surface area contributed by atoms with Crippen molar-refractivity contribution in [2.45, 2.75) is 277 Å². The van der Waals surface area contributed by atoms with E-state index in [2.05, 4.69) is 155 Å². The number of ether oxygens (including phenoxy) is 4. The molecule has 19 heteroatoms. The van der Waals surface area contributed by atoms with Crippen LogP contribution in [0.3, 0.4) is 0 Å². The lowest BCUT2D eigenvalue weighted by Gasteiger charge is -2.21. The molecular formula is C85H134O17P2. The number of unbranched alkanes of at least 4 members (excludes halogenated alkanes) is 14. The molecule has 0 amide bonds. The zero-order valence-corrected chi connectivity index (χ0v) is 65.6. The van der Waals surface area contributed by atoms with E-state index in [-0.39, 0.29) is 25.7 Å². The molecule has 3 N–H and O–H groups in total. The van der Waals surface area contributed by atoms with Crippen molar-refractivity contribution in [3.05, 3.63) is 194 Å². The summed E-state index contributed by atoms with van der Waals surface area (Å²) in [6.45, 7) is 4.18. The molecule has 0 heterocycles. The van der Waals surface area contributed by atoms with Gasteiger partial charge in [-0.15, -0.1) is 0 Å². The van der Waals surface area contributed by atoms with Crippen molar-refractivity contribution in [1.82, 2.24) is 0 Å². The molecule has 0 saturated carbocycles. The number of phosphoric ester groups is 2. The number of esters is 4. The van der Waals surface area contributed by atoms with E-state index >= 15 is 0 Å². The second-order valence-electron chi connectivity index (χ2n) is 24.8. The standard InChI is InChI=1S/C85H134O17P2/c1-5-9-13-17-21-25-29-33-37-38-39-40-44-46-50-54-58-62-66-70-83(88)96-76-81(102-85(90)72-68-64-60-56-52-48-43-36-32-28-24-20-16-12-8-4)78-100-104(93,94)98-74-79(86)73-97-103(91,92)99-77-80(101-84(89)71-67-63-59-55-51-47-42-35-31-27-23-19-15-11-7-3)75-95-82(87)69-65-61-57-53-49-45-41-34-30-26-22-18-14-10-6-2/h9-11,13-15,21-23,25-27,33-35,37,39-42,46,49-51,53,55,58,61-63,65,67,79-81,86H,5-8,12,16-20,24,28-32,36,38,43-45,47-48,52,54,56-57,59-60,64,66,68-78H2,1-4H3,(H,91,92)(H,93,94)/b13-9-,14-10-,15-11-,25-21-,26-22-,27-23-,37-33-,40-39-,41-34-,42-35-,50-46-,53-49-,55-51-,62-58-,65-61-,67-63-. The van der Waals surface area contributed by atoms with E-state index in [0.29, 0.717) is 32.1 Å². The predicted molar refractivity (Wildman–Crippen MR) is 426 cm³/mol. The molecule has 5 atom stereocenters. The van der Waals surface area contributed by atoms with Crippen LogP contribution in [0.1, 0.15) is 259 Å². The van der Waals surface area contributed by atoms with E-state index in [1.54, 1.807) is 24.3 Å². The van der Waals surface area contributed by atoms with Crippen molar-refractivity contribution >= 4 is 39.5 Å². The van der Waals surface area contributed by atoms with Gasteiger partial charge in [0.2, 0.25) is 0 Å². The molecule has 0 aliphatic carbocycles. The first-order chi connectivity index (χ1) is 50.7. The van der Waals surface area contributed by atoms with E-state index in [1.807, 2.05) is 42.5 Å². The molecular weight excluding hydrogens is 1350 g/mol. The first-order valence-electron chi connectivity index (χ1n) is 38.7. The minimum absolute atomic E-state index is 0.0268. The normalized spacial score (nSPS) is 15.0. The molecule has 0 spiro atoms. The van der Waals surface area contributed by atoms with Crippen LogP contribution in [0, 0.1) is 0 Å². The minimum Gasteiger partial charge on any atom is -0.462 e. The zero-order valence-electron chi connectivity index (χ0n) is 63.9. The highest BCUT2D eigenvalue weighted by molar-refractivity contribution is 7.47. The van der Waals surface area contributed by atoms with Gasteiger partial charge >= 0.3 is 39.5 Å². The molecule has 0 aromatic carbocycles. The Kier molecular flexibility index (Phi) is 70.7. The van der Waals surface area contributed by atoms with Crippen LogP contribution in [0.5, 0.6) is 0 Å². The van der Waals surface area contributed by atoms with Gasteiger partial charge in [-0.25, -0.2) is 9.13 Å². The lowest BCUT2D eigenvalue weighted by molar-refractivity contribution is -0.161. The number of carbonyl (C=O) groups is 4. The largest absolute Gasteiger partial charge is 0.472 e. The van der Waals surface area contributed by atoms with Gasteiger partial charge in [0.05, 0.1) is 39.3 Å². The van der Waals surface area contributed by atoms with Crippen LogP contribution in [0.2, 0.25) is 0 Å². The summed E-state index contributed by atoms with van der Waals surface area (Å²) in [7, 11) is -10.0. The SMILES string of the molecule is CC/C=C\C/C=C\C/C=C\C/C=C\C/C=C\C/C=C\CCC(=O)OCC(COP(=O)(O)OCC(O)COP(=O)(O)OCC(COC(=O)C/C=C\C/C=C\C/C=C\C/C=C\C/C=C\CC)OC(=O)C/C=C\C/C=C\C/C=C\C/C=C\C/C=C\CC)OC(=O)CCCCCCCCCCCCCCCCC. The summed E-state index contributed by atoms with van der Waals surface area (Å²) in [5.74, 6) is -2.59. The summed E-state index contributed by atoms with van der Waals surface area (Å²) in [6.07, 6.45) is 92.2. The van der Waals surface area contributed by atoms with E-state index in [4.69, 9.17) is 37.0 Å². The Morgan fingerprint density at radius 2 is 0.548 bits per heavy atom. The second-order valence-corrected chi connectivity index (χ2v) is 27.7. The Labute approximate surface area is 627 Å². The van der Waals surface area contributed by atoms with Crippen molar-refractivity contribution in [2.24, 2.45) is 0 Å². The van der Waals surface area contributed by atoms with Gasteiger partial charge in [0.25, 0.3) is 0 Å². The van der Waals surface area contributed by atoms with Crippen LogP contribution in [-0.4, -0.2) is 96.7 Å². The fourth-order valence-electron chi connectivity index (χ4n) is 9.39. The van der Waals surface area contributed by atoms with Crippen molar-refractivity contribution < 1.29 is 80.2 Å². The summed E-state index contributed by atoms with van der Waals surface area (Å²) in [6, 6.07) is 0. The molecule has 0 aromatic rings. The number of allylic oxidation sites excluding steroid dienone is 30. The van der Waals surface area contributed by atoms with Gasteiger partial charge in [0.1, 0.15) is 19.3 Å². The number of aliphatic hydroxyl groups is 1. The van der Waals surface area contributed by atoms with Gasteiger partial charge in [0.15, 0.2) is 12.2 Å². The molecule has 0 radical (unpaired) electrons. The average molecular weight is 1490 g/mol. The van der Waals surface area contributed by atoms with Crippen LogP contribution in [-0.2, 0) is 65.4 Å². The Bertz CT molecular complexity index is 2740. The van der Waals surface area contributed by atoms with E-state index < -0.39 is 97.5 Å². The first kappa shape index (κ1) is 97.9. The molecule has 0 rings (SSSR count). The third-order valence-corrected chi connectivity index (χ3v) is 17.0. The maximum Gasteiger partial charge on any atom is 0.472 e. The van der Waals surface area contributed by atoms with Gasteiger partial charge in [-0.1, -0.05) is 312 Å². The number of hydrogen-bond donors (Lipinski definition) is 3. The highest BCUT2D eigenvalue weighted by Crippen LogP contribution is 2.45. The summed E-state index contributed by atoms with van der Waals surface area (Å²) in [5, 5.41) is 10.6. The number of rotatable bonds is 70. The lowest BCUT2D eigenvalue weighted by Crippen LogP contribution is -2.30. The molecule has 0 aliphatic rings. The molecule has 586 valence electrons. The highest BCUT2D eigenvalue weighted by atomic mass is 31.2. The van der Waals surface area contributed by atoms with E-state index in [9.17, 15) is 43.2 Å². The number of phosphoric acid groups is 2. The molecule has 5 unspecified atom stereocenters. The molecule has 0 saturated heterocycles. The average Bonchev–Trinajstić information content (AvgIpc) is 0.918. The molecule has 0 aliphatic heterocycles. The fraction of sp³-hybridized carbons (Fsp3) is 0.576. The molecule has 0 fully saturated rings. The summed E-state index contributed by atoms with van der Waals surface area (Å²) >= 11 is 0.